The monoisotopic (exact) mass is 388 g/mol. The van der Waals surface area contributed by atoms with Crippen LogP contribution in [0.5, 0.6) is 5.75 Å². The Balaban J connectivity index is 2.01. The third kappa shape index (κ3) is 5.39. The molecule has 0 atom stereocenters. The van der Waals surface area contributed by atoms with E-state index in [2.05, 4.69) is 5.43 Å². The van der Waals surface area contributed by atoms with Gasteiger partial charge in [-0.25, -0.2) is 4.79 Å². The molecule has 3 rings (SSSR count). The highest BCUT2D eigenvalue weighted by Crippen LogP contribution is 2.26. The lowest BCUT2D eigenvalue weighted by atomic mass is 10.1. The maximum absolute atomic E-state index is 12.2. The fourth-order valence-electron chi connectivity index (χ4n) is 2.81. The maximum Gasteiger partial charge on any atom is 0.332 e. The van der Waals surface area contributed by atoms with Crippen LogP contribution in [0.1, 0.15) is 12.5 Å². The van der Waals surface area contributed by atoms with Gasteiger partial charge in [-0.05, 0) is 61.0 Å². The maximum atomic E-state index is 12.2. The minimum Gasteiger partial charge on any atom is -0.497 e. The highest BCUT2D eigenvalue weighted by atomic mass is 16.5. The van der Waals surface area contributed by atoms with E-state index in [1.54, 1.807) is 14.0 Å². The summed E-state index contributed by atoms with van der Waals surface area (Å²) in [5, 5.41) is 1.93. The summed E-state index contributed by atoms with van der Waals surface area (Å²) in [5.41, 5.74) is 6.69. The quantitative estimate of drug-likeness (QED) is 0.336. The number of anilines is 2. The van der Waals surface area contributed by atoms with Crippen LogP contribution < -0.4 is 15.2 Å². The average Bonchev–Trinajstić information content (AvgIpc) is 2.78. The summed E-state index contributed by atoms with van der Waals surface area (Å²) < 4.78 is 10.4. The van der Waals surface area contributed by atoms with Gasteiger partial charge in [-0.2, -0.15) is 0 Å². The van der Waals surface area contributed by atoms with Gasteiger partial charge in [0.1, 0.15) is 5.75 Å². The fourth-order valence-corrected chi connectivity index (χ4v) is 2.81. The Hall–Kier alpha value is -3.73. The number of methoxy groups -OCH3 is 1. The van der Waals surface area contributed by atoms with Crippen molar-refractivity contribution in [1.29, 1.82) is 0 Å². The largest absolute Gasteiger partial charge is 0.497 e. The molecule has 0 bridgehead atoms. The van der Waals surface area contributed by atoms with Crippen LogP contribution in [-0.2, 0) is 9.53 Å². The average molecular weight is 388 g/mol. The standard InChI is InChI=1S/C24H24N2O3/c1-3-29-24(27)18-23(19-14-16-22(28-2)17-15-19)25-26(20-10-6-4-7-11-20)21-12-8-5-9-13-21/h4-18,25H,3H2,1-2H3/b23-18+. The molecule has 29 heavy (non-hydrogen) atoms. The van der Waals surface area contributed by atoms with Crippen LogP contribution in [0, 0.1) is 0 Å². The van der Waals surface area contributed by atoms with Gasteiger partial charge < -0.3 is 9.47 Å². The zero-order valence-electron chi connectivity index (χ0n) is 16.5. The summed E-state index contributed by atoms with van der Waals surface area (Å²) in [5.74, 6) is 0.333. The van der Waals surface area contributed by atoms with Crippen LogP contribution in [0.15, 0.2) is 91.0 Å². The molecule has 5 heteroatoms. The number of hydrazine groups is 1. The Morgan fingerprint density at radius 3 is 1.93 bits per heavy atom. The number of rotatable bonds is 8. The zero-order chi connectivity index (χ0) is 20.5. The SMILES string of the molecule is CCOC(=O)/C=C(/NN(c1ccccc1)c1ccccc1)c1ccc(OC)cc1. The Morgan fingerprint density at radius 2 is 1.45 bits per heavy atom. The molecule has 0 amide bonds. The predicted octanol–water partition coefficient (Wildman–Crippen LogP) is 4.94. The molecule has 0 saturated carbocycles. The predicted molar refractivity (Wildman–Crippen MR) is 116 cm³/mol. The van der Waals surface area contributed by atoms with Crippen molar-refractivity contribution < 1.29 is 14.3 Å². The number of carbonyl (C=O) groups excluding carboxylic acids is 1. The van der Waals surface area contributed by atoms with Crippen LogP contribution >= 0.6 is 0 Å². The normalized spacial score (nSPS) is 10.9. The van der Waals surface area contributed by atoms with E-state index >= 15 is 0 Å². The van der Waals surface area contributed by atoms with Gasteiger partial charge in [0, 0.05) is 6.08 Å². The second kappa shape index (κ2) is 9.99. The molecular formula is C24H24N2O3. The number of hydrogen-bond acceptors (Lipinski definition) is 5. The van der Waals surface area contributed by atoms with Gasteiger partial charge in [0.2, 0.25) is 0 Å². The topological polar surface area (TPSA) is 50.8 Å². The molecule has 0 saturated heterocycles. The Labute approximate surface area is 171 Å². The summed E-state index contributed by atoms with van der Waals surface area (Å²) in [6.07, 6.45) is 1.46. The van der Waals surface area contributed by atoms with Gasteiger partial charge in [0.15, 0.2) is 0 Å². The zero-order valence-corrected chi connectivity index (χ0v) is 16.5. The summed E-state index contributed by atoms with van der Waals surface area (Å²) in [4.78, 5) is 12.2. The molecule has 0 aliphatic heterocycles. The van der Waals surface area contributed by atoms with Gasteiger partial charge in [-0.1, -0.05) is 36.4 Å². The van der Waals surface area contributed by atoms with Crippen LogP contribution in [0.3, 0.4) is 0 Å². The van der Waals surface area contributed by atoms with E-state index < -0.39 is 5.97 Å². The van der Waals surface area contributed by atoms with E-state index in [1.807, 2.05) is 89.9 Å². The van der Waals surface area contributed by atoms with Crippen molar-refractivity contribution in [1.82, 2.24) is 5.43 Å². The number of hydrogen-bond donors (Lipinski definition) is 1. The lowest BCUT2D eigenvalue weighted by molar-refractivity contribution is -0.137. The summed E-state index contributed by atoms with van der Waals surface area (Å²) in [6, 6.07) is 27.3. The number of nitrogens with one attached hydrogen (secondary N) is 1. The third-order valence-corrected chi connectivity index (χ3v) is 4.21. The first-order valence-electron chi connectivity index (χ1n) is 9.41. The first kappa shape index (κ1) is 20.0. The number of para-hydroxylation sites is 2. The highest BCUT2D eigenvalue weighted by molar-refractivity contribution is 5.91. The molecule has 0 fully saturated rings. The van der Waals surface area contributed by atoms with Gasteiger partial charge >= 0.3 is 5.97 Å². The van der Waals surface area contributed by atoms with E-state index in [9.17, 15) is 4.79 Å². The molecule has 148 valence electrons. The molecule has 5 nitrogen and oxygen atoms in total. The van der Waals surface area contributed by atoms with E-state index in [0.29, 0.717) is 12.3 Å². The number of carbonyl (C=O) groups is 1. The minimum atomic E-state index is -0.410. The lowest BCUT2D eigenvalue weighted by Crippen LogP contribution is -2.33. The van der Waals surface area contributed by atoms with Crippen molar-refractivity contribution in [2.75, 3.05) is 18.7 Å². The van der Waals surface area contributed by atoms with E-state index in [4.69, 9.17) is 9.47 Å². The highest BCUT2D eigenvalue weighted by Gasteiger charge is 2.14. The van der Waals surface area contributed by atoms with Crippen molar-refractivity contribution in [3.63, 3.8) is 0 Å². The van der Waals surface area contributed by atoms with Crippen LogP contribution in [0.2, 0.25) is 0 Å². The molecule has 1 N–H and O–H groups in total. The second-order valence-corrected chi connectivity index (χ2v) is 6.16. The molecule has 0 unspecified atom stereocenters. The number of nitrogens with zero attached hydrogens (tertiary/aromatic N) is 1. The fraction of sp³-hybridized carbons (Fsp3) is 0.125. The lowest BCUT2D eigenvalue weighted by Gasteiger charge is -2.28. The molecule has 0 aliphatic rings. The van der Waals surface area contributed by atoms with Crippen molar-refractivity contribution in [3.05, 3.63) is 96.6 Å². The number of ether oxygens (including phenoxy) is 2. The summed E-state index contributed by atoms with van der Waals surface area (Å²) in [6.45, 7) is 2.10. The summed E-state index contributed by atoms with van der Waals surface area (Å²) in [7, 11) is 1.62. The Bertz CT molecular complexity index is 899. The smallest absolute Gasteiger partial charge is 0.332 e. The van der Waals surface area contributed by atoms with Gasteiger partial charge in [0.05, 0.1) is 30.8 Å². The van der Waals surface area contributed by atoms with Gasteiger partial charge in [-0.3, -0.25) is 10.4 Å². The van der Waals surface area contributed by atoms with E-state index in [1.165, 1.54) is 6.08 Å². The molecule has 0 spiro atoms. The van der Waals surface area contributed by atoms with Crippen LogP contribution in [0.25, 0.3) is 5.70 Å². The Morgan fingerprint density at radius 1 is 0.897 bits per heavy atom. The van der Waals surface area contributed by atoms with Gasteiger partial charge in [0.25, 0.3) is 0 Å². The van der Waals surface area contributed by atoms with Crippen molar-refractivity contribution in [2.45, 2.75) is 6.92 Å². The Kier molecular flexibility index (Phi) is 6.90. The van der Waals surface area contributed by atoms with Crippen LogP contribution in [-0.4, -0.2) is 19.7 Å². The van der Waals surface area contributed by atoms with E-state index in [0.717, 1.165) is 22.7 Å². The number of benzene rings is 3. The molecule has 0 aromatic heterocycles. The molecule has 0 radical (unpaired) electrons. The molecule has 0 aliphatic carbocycles. The van der Waals surface area contributed by atoms with Crippen LogP contribution in [0.4, 0.5) is 11.4 Å². The number of esters is 1. The first-order valence-corrected chi connectivity index (χ1v) is 9.41. The third-order valence-electron chi connectivity index (χ3n) is 4.21. The van der Waals surface area contributed by atoms with E-state index in [-0.39, 0.29) is 0 Å². The molecular weight excluding hydrogens is 364 g/mol. The first-order chi connectivity index (χ1) is 14.2. The second-order valence-electron chi connectivity index (χ2n) is 6.16. The van der Waals surface area contributed by atoms with Gasteiger partial charge in [-0.15, -0.1) is 0 Å². The molecule has 0 heterocycles. The summed E-state index contributed by atoms with van der Waals surface area (Å²) >= 11 is 0. The van der Waals surface area contributed by atoms with Crippen molar-refractivity contribution >= 4 is 23.0 Å². The van der Waals surface area contributed by atoms with Crippen molar-refractivity contribution in [3.8, 4) is 5.75 Å². The molecule has 3 aromatic rings. The minimum absolute atomic E-state index is 0.312. The van der Waals surface area contributed by atoms with Crippen molar-refractivity contribution in [2.24, 2.45) is 0 Å². The molecule has 3 aromatic carbocycles.